The van der Waals surface area contributed by atoms with Crippen molar-refractivity contribution in [2.24, 2.45) is 0 Å². The van der Waals surface area contributed by atoms with Crippen molar-refractivity contribution >= 4 is 23.2 Å². The maximum Gasteiger partial charge on any atom is 0.431 e. The Morgan fingerprint density at radius 1 is 1.05 bits per heavy atom. The number of halogens is 5. The molecule has 100 valence electrons. The number of hydrogen-bond acceptors (Lipinski definition) is 1. The summed E-state index contributed by atoms with van der Waals surface area (Å²) < 4.78 is 38.6. The zero-order valence-electron chi connectivity index (χ0n) is 9.18. The van der Waals surface area contributed by atoms with E-state index >= 15 is 0 Å². The van der Waals surface area contributed by atoms with Crippen LogP contribution in [0.1, 0.15) is 5.69 Å². The molecule has 1 N–H and O–H groups in total. The lowest BCUT2D eigenvalue weighted by atomic mass is 10.0. The predicted molar refractivity (Wildman–Crippen MR) is 67.5 cm³/mol. The van der Waals surface area contributed by atoms with Gasteiger partial charge in [-0.1, -0.05) is 23.2 Å². The molecular formula is C12H6Cl2F3NO. The predicted octanol–water partition coefficient (Wildman–Crippen LogP) is 4.37. The van der Waals surface area contributed by atoms with E-state index < -0.39 is 22.9 Å². The summed E-state index contributed by atoms with van der Waals surface area (Å²) >= 11 is 11.5. The third-order valence-corrected chi connectivity index (χ3v) is 2.83. The molecule has 0 unspecified atom stereocenters. The number of benzene rings is 1. The third kappa shape index (κ3) is 2.93. The number of pyridine rings is 1. The van der Waals surface area contributed by atoms with Gasteiger partial charge in [0.2, 0.25) is 0 Å². The minimum Gasteiger partial charge on any atom is -0.357 e. The van der Waals surface area contributed by atoms with Crippen LogP contribution in [-0.2, 0) is 6.18 Å². The largest absolute Gasteiger partial charge is 0.431 e. The second-order valence-corrected chi connectivity index (χ2v) is 4.62. The Hall–Kier alpha value is -1.46. The molecule has 0 aliphatic heterocycles. The third-order valence-electron chi connectivity index (χ3n) is 2.39. The van der Waals surface area contributed by atoms with Crippen molar-refractivity contribution in [1.82, 2.24) is 4.98 Å². The molecule has 0 atom stereocenters. The van der Waals surface area contributed by atoms with Crippen LogP contribution in [0.5, 0.6) is 0 Å². The molecule has 2 nitrogen and oxygen atoms in total. The second-order valence-electron chi connectivity index (χ2n) is 3.75. The molecular weight excluding hydrogens is 302 g/mol. The van der Waals surface area contributed by atoms with Crippen LogP contribution in [0, 0.1) is 0 Å². The molecule has 19 heavy (non-hydrogen) atoms. The van der Waals surface area contributed by atoms with Crippen LogP contribution in [0.15, 0.2) is 35.3 Å². The average molecular weight is 308 g/mol. The molecule has 0 radical (unpaired) electrons. The van der Waals surface area contributed by atoms with Gasteiger partial charge in [0.05, 0.1) is 5.56 Å². The van der Waals surface area contributed by atoms with Crippen molar-refractivity contribution in [3.8, 4) is 11.1 Å². The monoisotopic (exact) mass is 307 g/mol. The van der Waals surface area contributed by atoms with E-state index in [9.17, 15) is 18.0 Å². The first-order valence-corrected chi connectivity index (χ1v) is 5.80. The quantitative estimate of drug-likeness (QED) is 0.834. The zero-order valence-corrected chi connectivity index (χ0v) is 10.7. The van der Waals surface area contributed by atoms with Gasteiger partial charge in [-0.15, -0.1) is 0 Å². The van der Waals surface area contributed by atoms with Crippen molar-refractivity contribution < 1.29 is 13.2 Å². The fourth-order valence-corrected chi connectivity index (χ4v) is 2.21. The van der Waals surface area contributed by atoms with Crippen LogP contribution in [0.2, 0.25) is 10.0 Å². The van der Waals surface area contributed by atoms with Crippen LogP contribution < -0.4 is 5.43 Å². The highest BCUT2D eigenvalue weighted by atomic mass is 35.5. The SMILES string of the molecule is O=c1cc[nH]c(C(F)(F)F)c1-c1cc(Cl)cc(Cl)c1. The lowest BCUT2D eigenvalue weighted by Gasteiger charge is -2.12. The number of aromatic nitrogens is 1. The van der Waals surface area contributed by atoms with Gasteiger partial charge in [-0.3, -0.25) is 4.79 Å². The highest BCUT2D eigenvalue weighted by Gasteiger charge is 2.35. The molecule has 0 fully saturated rings. The second kappa shape index (κ2) is 4.90. The number of alkyl halides is 3. The summed E-state index contributed by atoms with van der Waals surface area (Å²) in [6.45, 7) is 0. The Labute approximate surface area is 115 Å². The molecule has 2 rings (SSSR count). The van der Waals surface area contributed by atoms with E-state index in [4.69, 9.17) is 23.2 Å². The number of H-pyrrole nitrogens is 1. The summed E-state index contributed by atoms with van der Waals surface area (Å²) in [5.41, 5.74) is -2.37. The fraction of sp³-hybridized carbons (Fsp3) is 0.0833. The number of hydrogen-bond donors (Lipinski definition) is 1. The van der Waals surface area contributed by atoms with Gasteiger partial charge in [-0.05, 0) is 23.8 Å². The van der Waals surface area contributed by atoms with Crippen LogP contribution in [0.25, 0.3) is 11.1 Å². The van der Waals surface area contributed by atoms with Gasteiger partial charge in [0.25, 0.3) is 0 Å². The first-order chi connectivity index (χ1) is 8.79. The Balaban J connectivity index is 2.78. The number of nitrogens with one attached hydrogen (secondary N) is 1. The summed E-state index contributed by atoms with van der Waals surface area (Å²) in [6, 6.07) is 4.90. The maximum absolute atomic E-state index is 12.9. The van der Waals surface area contributed by atoms with Crippen LogP contribution in [-0.4, -0.2) is 4.98 Å². The van der Waals surface area contributed by atoms with E-state index in [0.29, 0.717) is 0 Å². The van der Waals surface area contributed by atoms with Gasteiger partial charge >= 0.3 is 6.18 Å². The van der Waals surface area contributed by atoms with Gasteiger partial charge in [0, 0.05) is 22.3 Å². The van der Waals surface area contributed by atoms with E-state index in [2.05, 4.69) is 0 Å². The van der Waals surface area contributed by atoms with Crippen LogP contribution in [0.4, 0.5) is 13.2 Å². The molecule has 7 heteroatoms. The zero-order chi connectivity index (χ0) is 14.2. The summed E-state index contributed by atoms with van der Waals surface area (Å²) in [4.78, 5) is 13.7. The average Bonchev–Trinajstić information content (AvgIpc) is 2.25. The van der Waals surface area contributed by atoms with Gasteiger partial charge in [0.15, 0.2) is 5.43 Å². The highest BCUT2D eigenvalue weighted by Crippen LogP contribution is 2.35. The minimum absolute atomic E-state index is 0.0201. The molecule has 0 saturated carbocycles. The molecule has 0 aliphatic carbocycles. The van der Waals surface area contributed by atoms with Crippen molar-refractivity contribution in [3.05, 3.63) is 56.4 Å². The van der Waals surface area contributed by atoms with Gasteiger partial charge in [-0.25, -0.2) is 0 Å². The number of rotatable bonds is 1. The van der Waals surface area contributed by atoms with Crippen molar-refractivity contribution in [2.75, 3.05) is 0 Å². The summed E-state index contributed by atoms with van der Waals surface area (Å²) in [5, 5.41) is 0.303. The highest BCUT2D eigenvalue weighted by molar-refractivity contribution is 6.35. The molecule has 1 aromatic heterocycles. The molecule has 0 bridgehead atoms. The van der Waals surface area contributed by atoms with E-state index in [1.54, 1.807) is 0 Å². The first-order valence-electron chi connectivity index (χ1n) is 5.04. The van der Waals surface area contributed by atoms with Gasteiger partial charge < -0.3 is 4.98 Å². The molecule has 1 aromatic carbocycles. The molecule has 1 heterocycles. The van der Waals surface area contributed by atoms with Crippen LogP contribution in [0.3, 0.4) is 0 Å². The van der Waals surface area contributed by atoms with Crippen LogP contribution >= 0.6 is 23.2 Å². The van der Waals surface area contributed by atoms with E-state index in [1.165, 1.54) is 18.2 Å². The Kier molecular flexibility index (Phi) is 3.60. The topological polar surface area (TPSA) is 32.9 Å². The Morgan fingerprint density at radius 2 is 1.63 bits per heavy atom. The summed E-state index contributed by atoms with van der Waals surface area (Å²) in [6.07, 6.45) is -3.73. The van der Waals surface area contributed by atoms with E-state index in [0.717, 1.165) is 12.3 Å². The molecule has 0 saturated heterocycles. The van der Waals surface area contributed by atoms with E-state index in [1.807, 2.05) is 4.98 Å². The molecule has 0 aliphatic rings. The van der Waals surface area contributed by atoms with Crippen molar-refractivity contribution in [3.63, 3.8) is 0 Å². The Morgan fingerprint density at radius 3 is 2.16 bits per heavy atom. The van der Waals surface area contributed by atoms with Gasteiger partial charge in [-0.2, -0.15) is 13.2 Å². The lowest BCUT2D eigenvalue weighted by Crippen LogP contribution is -2.16. The van der Waals surface area contributed by atoms with E-state index in [-0.39, 0.29) is 15.6 Å². The normalized spacial score (nSPS) is 11.6. The maximum atomic E-state index is 12.9. The van der Waals surface area contributed by atoms with Crippen molar-refractivity contribution in [2.45, 2.75) is 6.18 Å². The molecule has 0 spiro atoms. The fourth-order valence-electron chi connectivity index (χ4n) is 1.69. The minimum atomic E-state index is -4.68. The van der Waals surface area contributed by atoms with Crippen molar-refractivity contribution in [1.29, 1.82) is 0 Å². The first kappa shape index (κ1) is 14.0. The number of aromatic amines is 1. The lowest BCUT2D eigenvalue weighted by molar-refractivity contribution is -0.140. The summed E-state index contributed by atoms with van der Waals surface area (Å²) in [5.74, 6) is 0. The molecule has 2 aromatic rings. The standard InChI is InChI=1S/C12H6Cl2F3NO/c13-7-3-6(4-8(14)5-7)10-9(19)1-2-18-11(10)12(15,16)17/h1-5H,(H,18,19). The van der Waals surface area contributed by atoms with Gasteiger partial charge in [0.1, 0.15) is 5.69 Å². The summed E-state index contributed by atoms with van der Waals surface area (Å²) in [7, 11) is 0. The smallest absolute Gasteiger partial charge is 0.357 e. The Bertz CT molecular complexity index is 659. The molecule has 0 amide bonds.